The Bertz CT molecular complexity index is 286. The molecule has 1 rings (SSSR count). The van der Waals surface area contributed by atoms with Crippen LogP contribution in [0.2, 0.25) is 0 Å². The standard InChI is InChI=1S/C13H25N3O2/c1-2-16(9-12(15)17)13(18)7-10-3-5-11(8-14)6-4-10/h10-11H,2-9,14H2,1H3,(H2,15,17). The van der Waals surface area contributed by atoms with E-state index in [1.807, 2.05) is 6.92 Å². The van der Waals surface area contributed by atoms with Gasteiger partial charge in [-0.1, -0.05) is 0 Å². The van der Waals surface area contributed by atoms with Gasteiger partial charge >= 0.3 is 0 Å². The molecule has 2 amide bonds. The third-order valence-electron chi connectivity index (χ3n) is 3.84. The Kier molecular flexibility index (Phi) is 6.12. The van der Waals surface area contributed by atoms with Crippen molar-refractivity contribution in [1.82, 2.24) is 4.90 Å². The molecule has 1 saturated carbocycles. The summed E-state index contributed by atoms with van der Waals surface area (Å²) in [6, 6.07) is 0. The van der Waals surface area contributed by atoms with Crippen molar-refractivity contribution in [2.45, 2.75) is 39.0 Å². The predicted molar refractivity (Wildman–Crippen MR) is 70.6 cm³/mol. The van der Waals surface area contributed by atoms with Crippen molar-refractivity contribution in [1.29, 1.82) is 0 Å². The summed E-state index contributed by atoms with van der Waals surface area (Å²) < 4.78 is 0. The maximum atomic E-state index is 12.0. The van der Waals surface area contributed by atoms with Gasteiger partial charge in [-0.25, -0.2) is 0 Å². The van der Waals surface area contributed by atoms with E-state index >= 15 is 0 Å². The van der Waals surface area contributed by atoms with Gasteiger partial charge in [-0.05, 0) is 51.0 Å². The van der Waals surface area contributed by atoms with Gasteiger partial charge in [0.05, 0.1) is 6.54 Å². The smallest absolute Gasteiger partial charge is 0.237 e. The zero-order chi connectivity index (χ0) is 13.5. The lowest BCUT2D eigenvalue weighted by Crippen LogP contribution is -2.39. The fourth-order valence-electron chi connectivity index (χ4n) is 2.61. The molecule has 5 heteroatoms. The number of nitrogens with two attached hydrogens (primary N) is 2. The van der Waals surface area contributed by atoms with Gasteiger partial charge in [0.15, 0.2) is 0 Å². The fraction of sp³-hybridized carbons (Fsp3) is 0.846. The number of amides is 2. The van der Waals surface area contributed by atoms with Crippen LogP contribution in [0.3, 0.4) is 0 Å². The summed E-state index contributed by atoms with van der Waals surface area (Å²) >= 11 is 0. The summed E-state index contributed by atoms with van der Waals surface area (Å²) in [7, 11) is 0. The molecule has 1 aliphatic rings. The fourth-order valence-corrected chi connectivity index (χ4v) is 2.61. The molecule has 1 aliphatic carbocycles. The maximum absolute atomic E-state index is 12.0. The minimum Gasteiger partial charge on any atom is -0.368 e. The van der Waals surface area contributed by atoms with Crippen molar-refractivity contribution in [2.24, 2.45) is 23.3 Å². The molecule has 0 saturated heterocycles. The topological polar surface area (TPSA) is 89.4 Å². The van der Waals surface area contributed by atoms with Crippen LogP contribution in [-0.2, 0) is 9.59 Å². The molecule has 18 heavy (non-hydrogen) atoms. The number of hydrogen-bond acceptors (Lipinski definition) is 3. The number of carbonyl (C=O) groups is 2. The van der Waals surface area contributed by atoms with Gasteiger partial charge in [0, 0.05) is 13.0 Å². The highest BCUT2D eigenvalue weighted by Gasteiger charge is 2.24. The monoisotopic (exact) mass is 255 g/mol. The van der Waals surface area contributed by atoms with Gasteiger partial charge < -0.3 is 16.4 Å². The Morgan fingerprint density at radius 3 is 2.17 bits per heavy atom. The van der Waals surface area contributed by atoms with Crippen LogP contribution < -0.4 is 11.5 Å². The molecule has 104 valence electrons. The molecule has 0 bridgehead atoms. The number of rotatable bonds is 6. The van der Waals surface area contributed by atoms with Gasteiger partial charge in [-0.2, -0.15) is 0 Å². The van der Waals surface area contributed by atoms with Crippen LogP contribution in [0, 0.1) is 11.8 Å². The maximum Gasteiger partial charge on any atom is 0.237 e. The molecular formula is C13H25N3O2. The molecule has 0 aromatic rings. The summed E-state index contributed by atoms with van der Waals surface area (Å²) in [5.41, 5.74) is 10.8. The number of carbonyl (C=O) groups excluding carboxylic acids is 2. The van der Waals surface area contributed by atoms with Gasteiger partial charge in [0.2, 0.25) is 11.8 Å². The zero-order valence-corrected chi connectivity index (χ0v) is 11.2. The highest BCUT2D eigenvalue weighted by Crippen LogP contribution is 2.30. The second kappa shape index (κ2) is 7.36. The van der Waals surface area contributed by atoms with Crippen molar-refractivity contribution < 1.29 is 9.59 Å². The predicted octanol–water partition coefficient (Wildman–Crippen LogP) is 0.475. The summed E-state index contributed by atoms with van der Waals surface area (Å²) in [5, 5.41) is 0. The van der Waals surface area contributed by atoms with E-state index in [-0.39, 0.29) is 12.5 Å². The van der Waals surface area contributed by atoms with Crippen molar-refractivity contribution >= 4 is 11.8 Å². The van der Waals surface area contributed by atoms with Crippen LogP contribution in [0.25, 0.3) is 0 Å². The Morgan fingerprint density at radius 1 is 1.17 bits per heavy atom. The van der Waals surface area contributed by atoms with E-state index < -0.39 is 5.91 Å². The lowest BCUT2D eigenvalue weighted by molar-refractivity contribution is -0.136. The molecule has 1 fully saturated rings. The Hall–Kier alpha value is -1.10. The van der Waals surface area contributed by atoms with Crippen molar-refractivity contribution in [3.8, 4) is 0 Å². The van der Waals surface area contributed by atoms with Crippen LogP contribution in [-0.4, -0.2) is 36.3 Å². The third-order valence-corrected chi connectivity index (χ3v) is 3.84. The molecule has 0 heterocycles. The first-order chi connectivity index (χ1) is 8.56. The molecule has 5 nitrogen and oxygen atoms in total. The average molecular weight is 255 g/mol. The van der Waals surface area contributed by atoms with Crippen molar-refractivity contribution in [2.75, 3.05) is 19.6 Å². The van der Waals surface area contributed by atoms with Crippen LogP contribution in [0.4, 0.5) is 0 Å². The Balaban J connectivity index is 2.37. The lowest BCUT2D eigenvalue weighted by atomic mass is 9.80. The summed E-state index contributed by atoms with van der Waals surface area (Å²) in [4.78, 5) is 24.4. The minimum absolute atomic E-state index is 0.0352. The van der Waals surface area contributed by atoms with Gasteiger partial charge in [-0.3, -0.25) is 9.59 Å². The van der Waals surface area contributed by atoms with E-state index in [2.05, 4.69) is 0 Å². The first-order valence-corrected chi connectivity index (χ1v) is 6.82. The summed E-state index contributed by atoms with van der Waals surface area (Å²) in [6.45, 7) is 3.20. The first-order valence-electron chi connectivity index (χ1n) is 6.82. The molecule has 0 unspecified atom stereocenters. The number of likely N-dealkylation sites (N-methyl/N-ethyl adjacent to an activating group) is 1. The van der Waals surface area contributed by atoms with E-state index in [0.717, 1.165) is 32.2 Å². The molecule has 0 aromatic heterocycles. The molecule has 0 aromatic carbocycles. The molecule has 0 radical (unpaired) electrons. The minimum atomic E-state index is -0.447. The van der Waals surface area contributed by atoms with Crippen LogP contribution >= 0.6 is 0 Å². The van der Waals surface area contributed by atoms with Crippen LogP contribution in [0.5, 0.6) is 0 Å². The van der Waals surface area contributed by atoms with Crippen LogP contribution in [0.15, 0.2) is 0 Å². The van der Waals surface area contributed by atoms with E-state index in [1.54, 1.807) is 0 Å². The van der Waals surface area contributed by atoms with Crippen molar-refractivity contribution in [3.05, 3.63) is 0 Å². The number of nitrogens with zero attached hydrogens (tertiary/aromatic N) is 1. The normalized spacial score (nSPS) is 23.7. The molecular weight excluding hydrogens is 230 g/mol. The highest BCUT2D eigenvalue weighted by molar-refractivity contribution is 5.83. The molecule has 4 N–H and O–H groups in total. The molecule has 0 atom stereocenters. The number of primary amides is 1. The highest BCUT2D eigenvalue weighted by atomic mass is 16.2. The molecule has 0 aliphatic heterocycles. The lowest BCUT2D eigenvalue weighted by Gasteiger charge is -2.29. The Labute approximate surface area is 109 Å². The second-order valence-corrected chi connectivity index (χ2v) is 5.20. The average Bonchev–Trinajstić information content (AvgIpc) is 2.36. The third kappa shape index (κ3) is 4.64. The van der Waals surface area contributed by atoms with E-state index in [4.69, 9.17) is 11.5 Å². The van der Waals surface area contributed by atoms with E-state index in [9.17, 15) is 9.59 Å². The first kappa shape index (κ1) is 15.0. The van der Waals surface area contributed by atoms with E-state index in [1.165, 1.54) is 4.90 Å². The molecule has 0 spiro atoms. The quantitative estimate of drug-likeness (QED) is 0.723. The van der Waals surface area contributed by atoms with E-state index in [0.29, 0.717) is 24.8 Å². The second-order valence-electron chi connectivity index (χ2n) is 5.20. The summed E-state index contributed by atoms with van der Waals surface area (Å²) in [5.74, 6) is 0.677. The van der Waals surface area contributed by atoms with Gasteiger partial charge in [0.25, 0.3) is 0 Å². The van der Waals surface area contributed by atoms with Gasteiger partial charge in [0.1, 0.15) is 0 Å². The Morgan fingerprint density at radius 2 is 1.72 bits per heavy atom. The summed E-state index contributed by atoms with van der Waals surface area (Å²) in [6.07, 6.45) is 4.93. The number of hydrogen-bond donors (Lipinski definition) is 2. The van der Waals surface area contributed by atoms with Gasteiger partial charge in [-0.15, -0.1) is 0 Å². The van der Waals surface area contributed by atoms with Crippen molar-refractivity contribution in [3.63, 3.8) is 0 Å². The van der Waals surface area contributed by atoms with Crippen LogP contribution in [0.1, 0.15) is 39.0 Å². The SMILES string of the molecule is CCN(CC(N)=O)C(=O)CC1CCC(CN)CC1. The largest absolute Gasteiger partial charge is 0.368 e. The zero-order valence-electron chi connectivity index (χ0n) is 11.2.